The normalized spacial score (nSPS) is 21.9. The summed E-state index contributed by atoms with van der Waals surface area (Å²) < 4.78 is 0. The standard InChI is InChI=1S/C16H23N3O2/c1-11(2)18-15-7-8-17-9-14(15)16(21)19-13-5-3-12(10-20)4-6-13/h7-13H,3-6H2,1-2H3,(H,17,18)(H,19,21). The summed E-state index contributed by atoms with van der Waals surface area (Å²) in [6.45, 7) is 4.06. The highest BCUT2D eigenvalue weighted by atomic mass is 16.1. The third-order valence-corrected chi connectivity index (χ3v) is 3.81. The molecule has 1 amide bonds. The summed E-state index contributed by atoms with van der Waals surface area (Å²) in [4.78, 5) is 27.2. The summed E-state index contributed by atoms with van der Waals surface area (Å²) in [6.07, 6.45) is 7.75. The van der Waals surface area contributed by atoms with E-state index >= 15 is 0 Å². The maximum absolute atomic E-state index is 12.4. The molecule has 0 unspecified atom stereocenters. The van der Waals surface area contributed by atoms with Crippen LogP contribution in [0.1, 0.15) is 49.9 Å². The predicted molar refractivity (Wildman–Crippen MR) is 82.3 cm³/mol. The number of pyridine rings is 1. The van der Waals surface area contributed by atoms with Crippen molar-refractivity contribution in [2.24, 2.45) is 5.92 Å². The van der Waals surface area contributed by atoms with Crippen molar-refractivity contribution in [2.75, 3.05) is 5.32 Å². The van der Waals surface area contributed by atoms with Crippen LogP contribution < -0.4 is 10.6 Å². The largest absolute Gasteiger partial charge is 0.382 e. The summed E-state index contributed by atoms with van der Waals surface area (Å²) in [6, 6.07) is 2.22. The molecule has 0 aliphatic heterocycles. The van der Waals surface area contributed by atoms with Gasteiger partial charge in [0.15, 0.2) is 0 Å². The van der Waals surface area contributed by atoms with Crippen molar-refractivity contribution in [3.05, 3.63) is 24.0 Å². The van der Waals surface area contributed by atoms with Gasteiger partial charge in [0, 0.05) is 30.4 Å². The molecule has 1 aromatic heterocycles. The number of rotatable bonds is 5. The van der Waals surface area contributed by atoms with Crippen LogP contribution in [0.3, 0.4) is 0 Å². The molecule has 0 radical (unpaired) electrons. The van der Waals surface area contributed by atoms with Gasteiger partial charge in [-0.2, -0.15) is 0 Å². The Morgan fingerprint density at radius 1 is 1.33 bits per heavy atom. The lowest BCUT2D eigenvalue weighted by Gasteiger charge is -2.26. The molecule has 1 heterocycles. The molecule has 21 heavy (non-hydrogen) atoms. The van der Waals surface area contributed by atoms with Crippen molar-refractivity contribution in [1.29, 1.82) is 0 Å². The number of hydrogen-bond donors (Lipinski definition) is 2. The number of carbonyl (C=O) groups excluding carboxylic acids is 2. The van der Waals surface area contributed by atoms with Crippen LogP contribution in [0.25, 0.3) is 0 Å². The fourth-order valence-electron chi connectivity index (χ4n) is 2.68. The van der Waals surface area contributed by atoms with Crippen LogP contribution in [-0.4, -0.2) is 29.3 Å². The summed E-state index contributed by atoms with van der Waals surface area (Å²) in [5.41, 5.74) is 1.38. The zero-order valence-electron chi connectivity index (χ0n) is 12.6. The van der Waals surface area contributed by atoms with Gasteiger partial charge in [-0.1, -0.05) is 0 Å². The Morgan fingerprint density at radius 3 is 2.67 bits per heavy atom. The van der Waals surface area contributed by atoms with Gasteiger partial charge in [0.2, 0.25) is 0 Å². The Morgan fingerprint density at radius 2 is 2.05 bits per heavy atom. The molecule has 0 bridgehead atoms. The van der Waals surface area contributed by atoms with Crippen LogP contribution in [0.4, 0.5) is 5.69 Å². The minimum absolute atomic E-state index is 0.0965. The number of aromatic nitrogens is 1. The van der Waals surface area contributed by atoms with E-state index in [-0.39, 0.29) is 23.9 Å². The van der Waals surface area contributed by atoms with Crippen molar-refractivity contribution < 1.29 is 9.59 Å². The number of anilines is 1. The van der Waals surface area contributed by atoms with E-state index in [0.717, 1.165) is 37.7 Å². The van der Waals surface area contributed by atoms with Gasteiger partial charge in [0.25, 0.3) is 5.91 Å². The molecule has 0 aromatic carbocycles. The van der Waals surface area contributed by atoms with Crippen LogP contribution in [0, 0.1) is 5.92 Å². The number of nitrogens with zero attached hydrogens (tertiary/aromatic N) is 1. The second-order valence-electron chi connectivity index (χ2n) is 5.94. The van der Waals surface area contributed by atoms with E-state index in [2.05, 4.69) is 15.6 Å². The molecule has 1 aromatic rings. The van der Waals surface area contributed by atoms with E-state index in [1.165, 1.54) is 0 Å². The van der Waals surface area contributed by atoms with Gasteiger partial charge in [-0.15, -0.1) is 0 Å². The maximum atomic E-state index is 12.4. The lowest BCUT2D eigenvalue weighted by Crippen LogP contribution is -2.38. The first-order valence-corrected chi connectivity index (χ1v) is 7.57. The fourth-order valence-corrected chi connectivity index (χ4v) is 2.68. The second-order valence-corrected chi connectivity index (χ2v) is 5.94. The van der Waals surface area contributed by atoms with Crippen LogP contribution in [0.15, 0.2) is 18.5 Å². The molecule has 5 heteroatoms. The van der Waals surface area contributed by atoms with Gasteiger partial charge in [0.05, 0.1) is 11.3 Å². The van der Waals surface area contributed by atoms with Crippen molar-refractivity contribution in [2.45, 2.75) is 51.6 Å². The van der Waals surface area contributed by atoms with Crippen LogP contribution in [-0.2, 0) is 4.79 Å². The number of hydrogen-bond acceptors (Lipinski definition) is 4. The van der Waals surface area contributed by atoms with Crippen LogP contribution >= 0.6 is 0 Å². The first kappa shape index (κ1) is 15.5. The molecule has 1 aliphatic carbocycles. The average molecular weight is 289 g/mol. The zero-order valence-corrected chi connectivity index (χ0v) is 12.6. The van der Waals surface area contributed by atoms with Crippen LogP contribution in [0.2, 0.25) is 0 Å². The highest BCUT2D eigenvalue weighted by Crippen LogP contribution is 2.23. The van der Waals surface area contributed by atoms with Gasteiger partial charge in [0.1, 0.15) is 6.29 Å². The van der Waals surface area contributed by atoms with E-state index < -0.39 is 0 Å². The highest BCUT2D eigenvalue weighted by Gasteiger charge is 2.23. The molecule has 2 N–H and O–H groups in total. The summed E-state index contributed by atoms with van der Waals surface area (Å²) >= 11 is 0. The molecule has 114 valence electrons. The van der Waals surface area contributed by atoms with Gasteiger partial charge in [-0.3, -0.25) is 9.78 Å². The van der Waals surface area contributed by atoms with Gasteiger partial charge < -0.3 is 15.4 Å². The lowest BCUT2D eigenvalue weighted by molar-refractivity contribution is -0.111. The van der Waals surface area contributed by atoms with Gasteiger partial charge in [-0.05, 0) is 45.6 Å². The Kier molecular flexibility index (Phi) is 5.31. The highest BCUT2D eigenvalue weighted by molar-refractivity contribution is 5.99. The number of aldehydes is 1. The zero-order chi connectivity index (χ0) is 15.2. The molecule has 5 nitrogen and oxygen atoms in total. The second kappa shape index (κ2) is 7.20. The topological polar surface area (TPSA) is 71.1 Å². The maximum Gasteiger partial charge on any atom is 0.255 e. The number of nitrogens with one attached hydrogen (secondary N) is 2. The fraction of sp³-hybridized carbons (Fsp3) is 0.562. The van der Waals surface area contributed by atoms with Crippen molar-refractivity contribution in [3.8, 4) is 0 Å². The third-order valence-electron chi connectivity index (χ3n) is 3.81. The Bertz CT molecular complexity index is 494. The summed E-state index contributed by atoms with van der Waals surface area (Å²) in [5, 5.41) is 6.32. The minimum Gasteiger partial charge on any atom is -0.382 e. The van der Waals surface area contributed by atoms with E-state index in [1.807, 2.05) is 19.9 Å². The summed E-state index contributed by atoms with van der Waals surface area (Å²) in [5.74, 6) is 0.0653. The van der Waals surface area contributed by atoms with Crippen LogP contribution in [0.5, 0.6) is 0 Å². The first-order chi connectivity index (χ1) is 10.1. The molecule has 0 atom stereocenters. The lowest BCUT2D eigenvalue weighted by atomic mass is 9.87. The molecule has 0 saturated heterocycles. The quantitative estimate of drug-likeness (QED) is 0.816. The van der Waals surface area contributed by atoms with Crippen molar-refractivity contribution in [3.63, 3.8) is 0 Å². The van der Waals surface area contributed by atoms with Gasteiger partial charge in [-0.25, -0.2) is 0 Å². The van der Waals surface area contributed by atoms with Gasteiger partial charge >= 0.3 is 0 Å². The summed E-state index contributed by atoms with van der Waals surface area (Å²) in [7, 11) is 0. The van der Waals surface area contributed by atoms with Crippen molar-refractivity contribution in [1.82, 2.24) is 10.3 Å². The van der Waals surface area contributed by atoms with Crippen molar-refractivity contribution >= 4 is 17.9 Å². The predicted octanol–water partition coefficient (Wildman–Crippen LogP) is 2.39. The van der Waals surface area contributed by atoms with E-state index in [4.69, 9.17) is 0 Å². The monoisotopic (exact) mass is 289 g/mol. The van der Waals surface area contributed by atoms with E-state index in [0.29, 0.717) is 5.56 Å². The Hall–Kier alpha value is -1.91. The number of carbonyl (C=O) groups is 2. The SMILES string of the molecule is CC(C)Nc1ccncc1C(=O)NC1CCC(C=O)CC1. The van der Waals surface area contributed by atoms with E-state index in [1.54, 1.807) is 12.4 Å². The number of amides is 1. The molecule has 0 spiro atoms. The average Bonchev–Trinajstić information content (AvgIpc) is 2.48. The molecule has 2 rings (SSSR count). The van der Waals surface area contributed by atoms with E-state index in [9.17, 15) is 9.59 Å². The molecular weight excluding hydrogens is 266 g/mol. The molecule has 1 saturated carbocycles. The Labute approximate surface area is 125 Å². The molecule has 1 aliphatic rings. The molecule has 1 fully saturated rings. The first-order valence-electron chi connectivity index (χ1n) is 7.57. The Balaban J connectivity index is 1.99. The molecular formula is C16H23N3O2. The smallest absolute Gasteiger partial charge is 0.255 e. The third kappa shape index (κ3) is 4.28. The minimum atomic E-state index is -0.0965.